The molecule has 2 N–H and O–H groups in total. The molecule has 154 valence electrons. The molecule has 1 saturated carbocycles. The van der Waals surface area contributed by atoms with Gasteiger partial charge in [-0.1, -0.05) is 38.3 Å². The maximum atomic E-state index is 12.8. The summed E-state index contributed by atoms with van der Waals surface area (Å²) in [6.45, 7) is 3.74. The zero-order valence-electron chi connectivity index (χ0n) is 17.1. The van der Waals surface area contributed by atoms with Crippen LogP contribution in [0.4, 0.5) is 4.79 Å². The summed E-state index contributed by atoms with van der Waals surface area (Å²) in [6, 6.07) is 8.07. The van der Waals surface area contributed by atoms with Gasteiger partial charge in [0.1, 0.15) is 5.75 Å². The molecule has 1 aliphatic carbocycles. The fraction of sp³-hybridized carbons (Fsp3) is 0.636. The number of benzene rings is 1. The van der Waals surface area contributed by atoms with E-state index >= 15 is 0 Å². The minimum atomic E-state index is -0.430. The standard InChI is InChI=1S/C22H33N3O3/c1-22(20(26)23-16-17-7-6-10-19(15-17)28-2)11-13-25(14-12-22)21(27)24-18-8-4-3-5-9-18/h6-7,10,15,18H,3-5,8-9,11-14,16H2,1-2H3,(H,23,26)(H,24,27). The second-order valence-electron chi connectivity index (χ2n) is 8.37. The highest BCUT2D eigenvalue weighted by Crippen LogP contribution is 2.31. The van der Waals surface area contributed by atoms with E-state index in [-0.39, 0.29) is 11.9 Å². The summed E-state index contributed by atoms with van der Waals surface area (Å²) in [5.74, 6) is 0.845. The lowest BCUT2D eigenvalue weighted by Gasteiger charge is -2.39. The van der Waals surface area contributed by atoms with Gasteiger partial charge < -0.3 is 20.3 Å². The number of ether oxygens (including phenoxy) is 1. The van der Waals surface area contributed by atoms with E-state index in [1.165, 1.54) is 19.3 Å². The highest BCUT2D eigenvalue weighted by atomic mass is 16.5. The van der Waals surface area contributed by atoms with Crippen LogP contribution >= 0.6 is 0 Å². The Morgan fingerprint density at radius 1 is 1.18 bits per heavy atom. The van der Waals surface area contributed by atoms with Crippen molar-refractivity contribution in [3.8, 4) is 5.75 Å². The highest BCUT2D eigenvalue weighted by molar-refractivity contribution is 5.83. The van der Waals surface area contributed by atoms with Gasteiger partial charge in [0.25, 0.3) is 0 Å². The predicted octanol–water partition coefficient (Wildman–Crippen LogP) is 3.46. The minimum Gasteiger partial charge on any atom is -0.497 e. The molecule has 6 heteroatoms. The zero-order chi connectivity index (χ0) is 20.0. The maximum Gasteiger partial charge on any atom is 0.317 e. The summed E-state index contributed by atoms with van der Waals surface area (Å²) in [6.07, 6.45) is 7.24. The Labute approximate surface area is 168 Å². The van der Waals surface area contributed by atoms with Crippen molar-refractivity contribution in [2.75, 3.05) is 20.2 Å². The van der Waals surface area contributed by atoms with Gasteiger partial charge in [0.15, 0.2) is 0 Å². The van der Waals surface area contributed by atoms with E-state index < -0.39 is 5.41 Å². The first-order chi connectivity index (χ1) is 13.5. The molecule has 1 saturated heterocycles. The summed E-state index contributed by atoms with van der Waals surface area (Å²) in [7, 11) is 1.64. The van der Waals surface area contributed by atoms with Gasteiger partial charge >= 0.3 is 6.03 Å². The number of urea groups is 1. The van der Waals surface area contributed by atoms with Crippen LogP contribution in [-0.2, 0) is 11.3 Å². The minimum absolute atomic E-state index is 0.0331. The first kappa shape index (κ1) is 20.5. The number of amides is 3. The van der Waals surface area contributed by atoms with Crippen molar-refractivity contribution in [2.24, 2.45) is 5.41 Å². The van der Waals surface area contributed by atoms with Gasteiger partial charge in [0, 0.05) is 31.1 Å². The van der Waals surface area contributed by atoms with Gasteiger partial charge in [-0.3, -0.25) is 4.79 Å². The van der Waals surface area contributed by atoms with Gasteiger partial charge in [-0.2, -0.15) is 0 Å². The Kier molecular flexibility index (Phi) is 6.81. The van der Waals surface area contributed by atoms with E-state index in [1.807, 2.05) is 36.1 Å². The second-order valence-corrected chi connectivity index (χ2v) is 8.37. The van der Waals surface area contributed by atoms with E-state index in [9.17, 15) is 9.59 Å². The fourth-order valence-corrected chi connectivity index (χ4v) is 4.12. The molecule has 0 unspecified atom stereocenters. The van der Waals surface area contributed by atoms with Crippen LogP contribution in [-0.4, -0.2) is 43.1 Å². The maximum absolute atomic E-state index is 12.8. The number of likely N-dealkylation sites (tertiary alicyclic amines) is 1. The third-order valence-electron chi connectivity index (χ3n) is 6.22. The van der Waals surface area contributed by atoms with Crippen LogP contribution in [0.15, 0.2) is 24.3 Å². The van der Waals surface area contributed by atoms with Crippen molar-refractivity contribution in [1.29, 1.82) is 0 Å². The van der Waals surface area contributed by atoms with Crippen molar-refractivity contribution >= 4 is 11.9 Å². The SMILES string of the molecule is COc1cccc(CNC(=O)C2(C)CCN(C(=O)NC3CCCCC3)CC2)c1. The second kappa shape index (κ2) is 9.30. The molecular weight excluding hydrogens is 354 g/mol. The summed E-state index contributed by atoms with van der Waals surface area (Å²) < 4.78 is 5.23. The van der Waals surface area contributed by atoms with E-state index in [1.54, 1.807) is 7.11 Å². The van der Waals surface area contributed by atoms with Gasteiger partial charge in [0.2, 0.25) is 5.91 Å². The number of hydrogen-bond donors (Lipinski definition) is 2. The third kappa shape index (κ3) is 5.18. The van der Waals surface area contributed by atoms with Gasteiger partial charge in [-0.05, 0) is 43.4 Å². The number of rotatable bonds is 5. The molecule has 1 aliphatic heterocycles. The quantitative estimate of drug-likeness (QED) is 0.813. The van der Waals surface area contributed by atoms with E-state index in [2.05, 4.69) is 10.6 Å². The topological polar surface area (TPSA) is 70.7 Å². The number of carbonyl (C=O) groups excluding carboxylic acids is 2. The van der Waals surface area contributed by atoms with Crippen molar-refractivity contribution in [2.45, 2.75) is 64.5 Å². The number of methoxy groups -OCH3 is 1. The zero-order valence-corrected chi connectivity index (χ0v) is 17.1. The molecule has 2 fully saturated rings. The number of nitrogens with one attached hydrogen (secondary N) is 2. The Morgan fingerprint density at radius 3 is 2.57 bits per heavy atom. The van der Waals surface area contributed by atoms with Crippen LogP contribution in [0.2, 0.25) is 0 Å². The van der Waals surface area contributed by atoms with Crippen LogP contribution in [0.25, 0.3) is 0 Å². The van der Waals surface area contributed by atoms with E-state index in [0.717, 1.165) is 24.2 Å². The molecule has 0 radical (unpaired) electrons. The first-order valence-corrected chi connectivity index (χ1v) is 10.5. The normalized spacial score (nSPS) is 19.7. The molecule has 0 aromatic heterocycles. The number of hydrogen-bond acceptors (Lipinski definition) is 3. The predicted molar refractivity (Wildman–Crippen MR) is 109 cm³/mol. The number of piperidine rings is 1. The summed E-state index contributed by atoms with van der Waals surface area (Å²) in [5.41, 5.74) is 0.584. The lowest BCUT2D eigenvalue weighted by molar-refractivity contribution is -0.132. The number of nitrogens with zero attached hydrogens (tertiary/aromatic N) is 1. The van der Waals surface area contributed by atoms with E-state index in [4.69, 9.17) is 4.74 Å². The average molecular weight is 388 g/mol. The van der Waals surface area contributed by atoms with Crippen molar-refractivity contribution < 1.29 is 14.3 Å². The van der Waals surface area contributed by atoms with Crippen LogP contribution < -0.4 is 15.4 Å². The smallest absolute Gasteiger partial charge is 0.317 e. The van der Waals surface area contributed by atoms with Gasteiger partial charge in [-0.25, -0.2) is 4.79 Å². The molecule has 1 aromatic rings. The average Bonchev–Trinajstić information content (AvgIpc) is 2.73. The molecule has 3 amide bonds. The molecule has 0 spiro atoms. The largest absolute Gasteiger partial charge is 0.497 e. The Balaban J connectivity index is 1.46. The van der Waals surface area contributed by atoms with Gasteiger partial charge in [0.05, 0.1) is 7.11 Å². The fourth-order valence-electron chi connectivity index (χ4n) is 4.12. The van der Waals surface area contributed by atoms with Crippen LogP contribution in [0.1, 0.15) is 57.4 Å². The van der Waals surface area contributed by atoms with Crippen LogP contribution in [0.3, 0.4) is 0 Å². The molecule has 1 aromatic carbocycles. The Hall–Kier alpha value is -2.24. The molecule has 1 heterocycles. The molecule has 2 aliphatic rings. The first-order valence-electron chi connectivity index (χ1n) is 10.5. The van der Waals surface area contributed by atoms with Crippen LogP contribution in [0, 0.1) is 5.41 Å². The summed E-state index contributed by atoms with van der Waals surface area (Å²) >= 11 is 0. The van der Waals surface area contributed by atoms with Crippen LogP contribution in [0.5, 0.6) is 5.75 Å². The monoisotopic (exact) mass is 387 g/mol. The molecule has 28 heavy (non-hydrogen) atoms. The third-order valence-corrected chi connectivity index (χ3v) is 6.22. The lowest BCUT2D eigenvalue weighted by Crippen LogP contribution is -2.52. The van der Waals surface area contributed by atoms with E-state index in [0.29, 0.717) is 38.5 Å². The molecule has 0 atom stereocenters. The summed E-state index contributed by atoms with van der Waals surface area (Å²) in [5, 5.41) is 6.23. The molecule has 0 bridgehead atoms. The lowest BCUT2D eigenvalue weighted by atomic mass is 9.79. The summed E-state index contributed by atoms with van der Waals surface area (Å²) in [4.78, 5) is 27.2. The molecule has 6 nitrogen and oxygen atoms in total. The number of carbonyl (C=O) groups is 2. The van der Waals surface area contributed by atoms with Crippen molar-refractivity contribution in [3.05, 3.63) is 29.8 Å². The van der Waals surface area contributed by atoms with Gasteiger partial charge in [-0.15, -0.1) is 0 Å². The Bertz CT molecular complexity index is 677. The molecule has 3 rings (SSSR count). The van der Waals surface area contributed by atoms with Crippen molar-refractivity contribution in [1.82, 2.24) is 15.5 Å². The highest BCUT2D eigenvalue weighted by Gasteiger charge is 2.38. The Morgan fingerprint density at radius 2 is 1.89 bits per heavy atom. The molecular formula is C22H33N3O3. The van der Waals surface area contributed by atoms with Crippen molar-refractivity contribution in [3.63, 3.8) is 0 Å².